The van der Waals surface area contributed by atoms with Crippen LogP contribution >= 0.6 is 0 Å². The average Bonchev–Trinajstić information content (AvgIpc) is 2.23. The maximum atomic E-state index is 2.96. The maximum Gasteiger partial charge on any atom is 0.161 e. The Hall–Kier alpha value is -1.57. The Kier molecular flexibility index (Phi) is 8.06. The Labute approximate surface area is 92.8 Å². The van der Waals surface area contributed by atoms with Gasteiger partial charge in [-0.2, -0.15) is 0 Å². The summed E-state index contributed by atoms with van der Waals surface area (Å²) in [5, 5.41) is 2.96. The molecule has 0 aromatic heterocycles. The molecule has 0 heterocycles. The van der Waals surface area contributed by atoms with E-state index >= 15 is 0 Å². The Balaban J connectivity index is 4.24. The van der Waals surface area contributed by atoms with Crippen molar-refractivity contribution >= 4 is 6.21 Å². The third-order valence-electron chi connectivity index (χ3n) is 1.74. The van der Waals surface area contributed by atoms with Crippen LogP contribution in [0.3, 0.4) is 0 Å². The summed E-state index contributed by atoms with van der Waals surface area (Å²) in [7, 11) is 3.78. The molecule has 0 radical (unpaired) electrons. The van der Waals surface area contributed by atoms with Gasteiger partial charge in [-0.15, -0.1) is 0 Å². The predicted octanol–water partition coefficient (Wildman–Crippen LogP) is 0.949. The zero-order chi connectivity index (χ0) is 11.5. The van der Waals surface area contributed by atoms with Gasteiger partial charge in [0.25, 0.3) is 0 Å². The monoisotopic (exact) mass is 205 g/mol. The summed E-state index contributed by atoms with van der Waals surface area (Å²) in [6.07, 6.45) is 14.1. The van der Waals surface area contributed by atoms with Crippen LogP contribution in [0.5, 0.6) is 0 Å². The van der Waals surface area contributed by atoms with Crippen LogP contribution in [0.4, 0.5) is 0 Å². The topological polar surface area (TPSA) is 26.0 Å². The lowest BCUT2D eigenvalue weighted by Crippen LogP contribution is -2.62. The van der Waals surface area contributed by atoms with Gasteiger partial charge in [-0.05, 0) is 37.3 Å². The first kappa shape index (κ1) is 13.4. The zero-order valence-electron chi connectivity index (χ0n) is 10.0. The molecule has 0 unspecified atom stereocenters. The van der Waals surface area contributed by atoms with Crippen molar-refractivity contribution in [3.8, 4) is 0 Å². The second-order valence-electron chi connectivity index (χ2n) is 3.26. The predicted molar refractivity (Wildman–Crippen MR) is 67.8 cm³/mol. The quantitative estimate of drug-likeness (QED) is 0.507. The second-order valence-corrected chi connectivity index (χ2v) is 3.26. The van der Waals surface area contributed by atoms with E-state index in [0.29, 0.717) is 0 Å². The van der Waals surface area contributed by atoms with Crippen molar-refractivity contribution in [2.24, 2.45) is 0 Å². The van der Waals surface area contributed by atoms with E-state index in [2.05, 4.69) is 36.3 Å². The van der Waals surface area contributed by atoms with Crippen LogP contribution in [0.15, 0.2) is 47.7 Å². The Bertz CT molecular complexity index is 304. The van der Waals surface area contributed by atoms with E-state index in [0.717, 1.165) is 0 Å². The third kappa shape index (κ3) is 8.75. The normalized spacial score (nSPS) is 14.7. The van der Waals surface area contributed by atoms with E-state index in [4.69, 9.17) is 0 Å². The van der Waals surface area contributed by atoms with Gasteiger partial charge in [0.15, 0.2) is 6.21 Å². The molecule has 0 rings (SSSR count). The molecule has 0 aliphatic rings. The summed E-state index contributed by atoms with van der Waals surface area (Å²) in [6.45, 7) is 4.13. The summed E-state index contributed by atoms with van der Waals surface area (Å²) in [6, 6.07) is 0. The average molecular weight is 205 g/mol. The van der Waals surface area contributed by atoms with E-state index in [1.54, 1.807) is 0 Å². The number of rotatable bonds is 5. The Morgan fingerprint density at radius 2 is 1.73 bits per heavy atom. The molecule has 0 saturated heterocycles. The van der Waals surface area contributed by atoms with E-state index < -0.39 is 0 Å². The van der Waals surface area contributed by atoms with Crippen molar-refractivity contribution < 1.29 is 4.99 Å². The van der Waals surface area contributed by atoms with Crippen LogP contribution in [0.2, 0.25) is 0 Å². The van der Waals surface area contributed by atoms with Gasteiger partial charge in [0.2, 0.25) is 0 Å². The van der Waals surface area contributed by atoms with Crippen molar-refractivity contribution in [3.63, 3.8) is 0 Å². The molecule has 0 bridgehead atoms. The fraction of sp³-hybridized carbons (Fsp3) is 0.308. The van der Waals surface area contributed by atoms with Crippen molar-refractivity contribution in [1.82, 2.24) is 5.32 Å². The Morgan fingerprint density at radius 3 is 2.33 bits per heavy atom. The van der Waals surface area contributed by atoms with Crippen LogP contribution in [0.25, 0.3) is 0 Å². The molecule has 0 aliphatic heterocycles. The van der Waals surface area contributed by atoms with Gasteiger partial charge in [-0.3, -0.25) is 4.99 Å². The van der Waals surface area contributed by atoms with Gasteiger partial charge in [-0.1, -0.05) is 18.2 Å². The molecule has 0 aromatic carbocycles. The second kappa shape index (κ2) is 9.00. The molecule has 0 atom stereocenters. The molecule has 0 aromatic rings. The van der Waals surface area contributed by atoms with Crippen molar-refractivity contribution in [1.29, 1.82) is 0 Å². The van der Waals surface area contributed by atoms with E-state index in [9.17, 15) is 0 Å². The highest BCUT2D eigenvalue weighted by molar-refractivity contribution is 5.67. The molecule has 2 N–H and O–H groups in total. The molecule has 0 amide bonds. The van der Waals surface area contributed by atoms with Gasteiger partial charge in [-0.25, -0.2) is 0 Å². The number of allylic oxidation sites excluding steroid dienone is 7. The van der Waals surface area contributed by atoms with E-state index in [1.165, 1.54) is 11.1 Å². The fourth-order valence-electron chi connectivity index (χ4n) is 0.892. The SMILES string of the molecule is CNC=CC(C)=CC=C/C(C)=C/C=[NH+]C. The fourth-order valence-corrected chi connectivity index (χ4v) is 0.892. The van der Waals surface area contributed by atoms with Crippen LogP contribution in [-0.2, 0) is 0 Å². The number of hydrogen-bond acceptors (Lipinski definition) is 1. The third-order valence-corrected chi connectivity index (χ3v) is 1.74. The number of hydrogen-bond donors (Lipinski definition) is 2. The molecule has 0 spiro atoms. The summed E-state index contributed by atoms with van der Waals surface area (Å²) in [4.78, 5) is 2.96. The molecule has 0 aliphatic carbocycles. The molecule has 82 valence electrons. The zero-order valence-corrected chi connectivity index (χ0v) is 10.0. The largest absolute Gasteiger partial charge is 0.394 e. The summed E-state index contributed by atoms with van der Waals surface area (Å²) in [5.74, 6) is 0. The highest BCUT2D eigenvalue weighted by Crippen LogP contribution is 1.97. The highest BCUT2D eigenvalue weighted by atomic mass is 14.8. The molecule has 0 saturated carbocycles. The minimum atomic E-state index is 1.21. The molecule has 0 fully saturated rings. The van der Waals surface area contributed by atoms with Gasteiger partial charge >= 0.3 is 0 Å². The lowest BCUT2D eigenvalue weighted by molar-refractivity contribution is -0.413. The maximum absolute atomic E-state index is 2.96. The van der Waals surface area contributed by atoms with Crippen molar-refractivity contribution in [2.75, 3.05) is 14.1 Å². The van der Waals surface area contributed by atoms with Gasteiger partial charge in [0.1, 0.15) is 7.05 Å². The summed E-state index contributed by atoms with van der Waals surface area (Å²) >= 11 is 0. The van der Waals surface area contributed by atoms with E-state index in [-0.39, 0.29) is 0 Å². The smallest absolute Gasteiger partial charge is 0.161 e. The molecular formula is C13H21N2+. The van der Waals surface area contributed by atoms with Crippen LogP contribution in [0.1, 0.15) is 13.8 Å². The first-order valence-electron chi connectivity index (χ1n) is 5.07. The van der Waals surface area contributed by atoms with E-state index in [1.807, 2.05) is 44.7 Å². The first-order chi connectivity index (χ1) is 7.20. The first-order valence-corrected chi connectivity index (χ1v) is 5.07. The van der Waals surface area contributed by atoms with Crippen LogP contribution < -0.4 is 10.3 Å². The van der Waals surface area contributed by atoms with Crippen LogP contribution in [-0.4, -0.2) is 20.3 Å². The van der Waals surface area contributed by atoms with Crippen molar-refractivity contribution in [2.45, 2.75) is 13.8 Å². The summed E-state index contributed by atoms with van der Waals surface area (Å²) in [5.41, 5.74) is 2.43. The lowest BCUT2D eigenvalue weighted by Gasteiger charge is -1.89. The minimum absolute atomic E-state index is 1.21. The molecule has 2 heteroatoms. The lowest BCUT2D eigenvalue weighted by atomic mass is 10.2. The van der Waals surface area contributed by atoms with Crippen LogP contribution in [0, 0.1) is 0 Å². The highest BCUT2D eigenvalue weighted by Gasteiger charge is 1.80. The number of nitrogens with one attached hydrogen (secondary N) is 2. The Morgan fingerprint density at radius 1 is 1.07 bits per heavy atom. The minimum Gasteiger partial charge on any atom is -0.394 e. The van der Waals surface area contributed by atoms with Gasteiger partial charge in [0, 0.05) is 13.1 Å². The summed E-state index contributed by atoms with van der Waals surface area (Å²) < 4.78 is 0. The van der Waals surface area contributed by atoms with Gasteiger partial charge in [0.05, 0.1) is 0 Å². The molecule has 2 nitrogen and oxygen atoms in total. The molecular weight excluding hydrogens is 184 g/mol. The standard InChI is InChI=1S/C13H20N2/c1-12(8-10-14-3)6-5-7-13(2)9-11-15-4/h5-11,14H,1-4H3/p+1/b7-5?,10-8?,12-6?,13-9+,15-11?. The molecule has 15 heavy (non-hydrogen) atoms. The van der Waals surface area contributed by atoms with Gasteiger partial charge < -0.3 is 5.32 Å². The van der Waals surface area contributed by atoms with Crippen molar-refractivity contribution in [3.05, 3.63) is 47.7 Å².